The van der Waals surface area contributed by atoms with Gasteiger partial charge in [0, 0.05) is 76.2 Å². The van der Waals surface area contributed by atoms with E-state index in [0.717, 1.165) is 44.8 Å². The lowest BCUT2D eigenvalue weighted by Gasteiger charge is -2.14. The highest BCUT2D eigenvalue weighted by molar-refractivity contribution is 7.26. The molecule has 0 atom stereocenters. The lowest BCUT2D eigenvalue weighted by Crippen LogP contribution is -2.02. The molecule has 56 heavy (non-hydrogen) atoms. The Morgan fingerprint density at radius 3 is 1.71 bits per heavy atom. The highest BCUT2D eigenvalue weighted by Gasteiger charge is 2.22. The molecule has 0 amide bonds. The predicted molar refractivity (Wildman–Crippen MR) is 232 cm³/mol. The molecule has 0 saturated heterocycles. The third-order valence-corrected chi connectivity index (χ3v) is 11.7. The second kappa shape index (κ2) is 13.2. The number of benzene rings is 7. The van der Waals surface area contributed by atoms with Crippen LogP contribution in [0.2, 0.25) is 0 Å². The predicted octanol–water partition coefficient (Wildman–Crippen LogP) is 13.1. The second-order valence-corrected chi connectivity index (χ2v) is 14.9. The van der Waals surface area contributed by atoms with Gasteiger partial charge in [0.25, 0.3) is 0 Å². The van der Waals surface area contributed by atoms with E-state index < -0.39 is 0 Å². The maximum Gasteiger partial charge on any atom is 0.164 e. The van der Waals surface area contributed by atoms with Crippen LogP contribution in [0.4, 0.5) is 0 Å². The van der Waals surface area contributed by atoms with Gasteiger partial charge in [-0.05, 0) is 30.3 Å². The molecule has 0 N–H and O–H groups in total. The first-order valence-electron chi connectivity index (χ1n) is 18.6. The average molecular weight is 734 g/mol. The van der Waals surface area contributed by atoms with Crippen molar-refractivity contribution in [2.45, 2.75) is 0 Å². The van der Waals surface area contributed by atoms with Crippen molar-refractivity contribution in [3.05, 3.63) is 188 Å². The topological polar surface area (TPSA) is 56.5 Å². The van der Waals surface area contributed by atoms with Crippen LogP contribution in [0.25, 0.3) is 104 Å². The summed E-state index contributed by atoms with van der Waals surface area (Å²) in [4.78, 5) is 20.5. The van der Waals surface area contributed by atoms with Crippen molar-refractivity contribution >= 4 is 53.3 Å². The van der Waals surface area contributed by atoms with Crippen LogP contribution < -0.4 is 0 Å². The van der Waals surface area contributed by atoms with Crippen LogP contribution >= 0.6 is 11.3 Å². The van der Waals surface area contributed by atoms with Gasteiger partial charge in [0.2, 0.25) is 0 Å². The van der Waals surface area contributed by atoms with Gasteiger partial charge in [-0.2, -0.15) is 0 Å². The minimum absolute atomic E-state index is 0.594. The summed E-state index contributed by atoms with van der Waals surface area (Å²) in [5.41, 5.74) is 10.2. The van der Waals surface area contributed by atoms with Crippen LogP contribution in [0.3, 0.4) is 0 Å². The number of hydrogen-bond donors (Lipinski definition) is 0. The van der Waals surface area contributed by atoms with Crippen LogP contribution in [0.15, 0.2) is 188 Å². The van der Waals surface area contributed by atoms with Crippen molar-refractivity contribution < 1.29 is 0 Å². The van der Waals surface area contributed by atoms with E-state index in [2.05, 4.69) is 108 Å². The summed E-state index contributed by atoms with van der Waals surface area (Å²) in [7, 11) is 0. The molecule has 0 aliphatic carbocycles. The fourth-order valence-corrected chi connectivity index (χ4v) is 9.18. The number of aromatic nitrogens is 5. The highest BCUT2D eigenvalue weighted by atomic mass is 32.1. The molecule has 11 aromatic rings. The Hall–Kier alpha value is -7.28. The maximum absolute atomic E-state index is 5.20. The van der Waals surface area contributed by atoms with Crippen molar-refractivity contribution in [3.8, 4) is 62.2 Å². The zero-order valence-electron chi connectivity index (χ0n) is 30.0. The van der Waals surface area contributed by atoms with Crippen molar-refractivity contribution in [2.75, 3.05) is 0 Å². The van der Waals surface area contributed by atoms with Gasteiger partial charge in [-0.25, -0.2) is 15.0 Å². The number of fused-ring (bicyclic) bond motifs is 7. The number of thiophene rings is 1. The average Bonchev–Trinajstić information content (AvgIpc) is 3.83. The monoisotopic (exact) mass is 733 g/mol. The third-order valence-electron chi connectivity index (χ3n) is 10.5. The molecule has 0 spiro atoms. The van der Waals surface area contributed by atoms with Crippen LogP contribution in [0, 0.1) is 0 Å². The SMILES string of the molecule is c1ccc(-c2cc(-c3nc(-c4ccccc4)nc(-c4ccccc4)n3)c(-c3cccc4c3sc3ccc5c6ccccc6n(-c6ccccc6)c5c34)cn2)cc1. The summed E-state index contributed by atoms with van der Waals surface area (Å²) in [5.74, 6) is 1.83. The molecular weight excluding hydrogens is 703 g/mol. The first kappa shape index (κ1) is 32.2. The standard InChI is InChI=1S/C50H31N5S/c1-5-16-32(17-6-1)42-30-40(50-53-48(33-18-7-2-8-19-33)52-49(54-50)34-20-9-3-10-21-34)41(31-51-42)38-25-15-26-39-45-44(56-47(38)39)29-28-37-36-24-13-14-27-43(36)55(46(37)45)35-22-11-4-12-23-35/h1-31H. The molecule has 262 valence electrons. The summed E-state index contributed by atoms with van der Waals surface area (Å²) in [6, 6.07) is 63.3. The Morgan fingerprint density at radius 1 is 0.429 bits per heavy atom. The van der Waals surface area contributed by atoms with Gasteiger partial charge in [0.1, 0.15) is 0 Å². The fourth-order valence-electron chi connectivity index (χ4n) is 7.95. The zero-order valence-corrected chi connectivity index (χ0v) is 30.9. The third kappa shape index (κ3) is 5.30. The number of hydrogen-bond acceptors (Lipinski definition) is 5. The Labute approximate surface area is 326 Å². The molecule has 0 unspecified atom stereocenters. The minimum Gasteiger partial charge on any atom is -0.309 e. The van der Waals surface area contributed by atoms with E-state index in [-0.39, 0.29) is 0 Å². The molecule has 4 aromatic heterocycles. The van der Waals surface area contributed by atoms with Gasteiger partial charge >= 0.3 is 0 Å². The number of pyridine rings is 1. The van der Waals surface area contributed by atoms with E-state index in [1.807, 2.05) is 96.4 Å². The number of nitrogens with zero attached hydrogens (tertiary/aromatic N) is 5. The summed E-state index contributed by atoms with van der Waals surface area (Å²) < 4.78 is 4.85. The van der Waals surface area contributed by atoms with E-state index in [1.165, 1.54) is 42.0 Å². The minimum atomic E-state index is 0.594. The molecule has 0 aliphatic heterocycles. The summed E-state index contributed by atoms with van der Waals surface area (Å²) in [5, 5.41) is 4.93. The lowest BCUT2D eigenvalue weighted by molar-refractivity contribution is 1.07. The molecule has 4 heterocycles. The van der Waals surface area contributed by atoms with Crippen LogP contribution in [0.1, 0.15) is 0 Å². The smallest absolute Gasteiger partial charge is 0.164 e. The Morgan fingerprint density at radius 2 is 1.02 bits per heavy atom. The molecule has 0 fully saturated rings. The van der Waals surface area contributed by atoms with E-state index in [1.54, 1.807) is 0 Å². The van der Waals surface area contributed by atoms with Crippen molar-refractivity contribution in [1.82, 2.24) is 24.5 Å². The zero-order chi connectivity index (χ0) is 37.0. The van der Waals surface area contributed by atoms with E-state index in [9.17, 15) is 0 Å². The largest absolute Gasteiger partial charge is 0.309 e. The van der Waals surface area contributed by atoms with Gasteiger partial charge < -0.3 is 4.57 Å². The molecular formula is C50H31N5S. The summed E-state index contributed by atoms with van der Waals surface area (Å²) in [6.07, 6.45) is 2.00. The van der Waals surface area contributed by atoms with Gasteiger partial charge in [-0.1, -0.05) is 152 Å². The van der Waals surface area contributed by atoms with E-state index in [4.69, 9.17) is 19.9 Å². The number of rotatable bonds is 6. The summed E-state index contributed by atoms with van der Waals surface area (Å²) in [6.45, 7) is 0. The first-order chi connectivity index (χ1) is 27.8. The van der Waals surface area contributed by atoms with Crippen molar-refractivity contribution in [1.29, 1.82) is 0 Å². The second-order valence-electron chi connectivity index (χ2n) is 13.8. The van der Waals surface area contributed by atoms with Gasteiger partial charge in [0.15, 0.2) is 17.5 Å². The quantitative estimate of drug-likeness (QED) is 0.171. The van der Waals surface area contributed by atoms with E-state index in [0.29, 0.717) is 17.5 Å². The number of para-hydroxylation sites is 2. The Bertz CT molecular complexity index is 3170. The lowest BCUT2D eigenvalue weighted by atomic mass is 9.97. The molecule has 7 aromatic carbocycles. The van der Waals surface area contributed by atoms with Gasteiger partial charge in [-0.15, -0.1) is 11.3 Å². The molecule has 5 nitrogen and oxygen atoms in total. The van der Waals surface area contributed by atoms with Gasteiger partial charge in [0.05, 0.1) is 16.7 Å². The Balaban J connectivity index is 1.20. The molecule has 6 heteroatoms. The van der Waals surface area contributed by atoms with Crippen molar-refractivity contribution in [3.63, 3.8) is 0 Å². The first-order valence-corrected chi connectivity index (χ1v) is 19.5. The summed E-state index contributed by atoms with van der Waals surface area (Å²) >= 11 is 1.82. The molecule has 0 radical (unpaired) electrons. The van der Waals surface area contributed by atoms with Crippen LogP contribution in [-0.4, -0.2) is 24.5 Å². The highest BCUT2D eigenvalue weighted by Crippen LogP contribution is 2.47. The normalized spacial score (nSPS) is 11.6. The van der Waals surface area contributed by atoms with Crippen LogP contribution in [-0.2, 0) is 0 Å². The molecule has 0 bridgehead atoms. The molecule has 0 aliphatic rings. The molecule has 0 saturated carbocycles. The molecule has 11 rings (SSSR count). The van der Waals surface area contributed by atoms with Crippen LogP contribution in [0.5, 0.6) is 0 Å². The van der Waals surface area contributed by atoms with Gasteiger partial charge in [-0.3, -0.25) is 4.98 Å². The van der Waals surface area contributed by atoms with E-state index >= 15 is 0 Å². The van der Waals surface area contributed by atoms with Crippen molar-refractivity contribution in [2.24, 2.45) is 0 Å². The Kier molecular flexibility index (Phi) is 7.60. The maximum atomic E-state index is 5.20. The fraction of sp³-hybridized carbons (Fsp3) is 0.